The van der Waals surface area contributed by atoms with Crippen molar-refractivity contribution in [3.05, 3.63) is 53.1 Å². The Morgan fingerprint density at radius 1 is 1.17 bits per heavy atom. The Balaban J connectivity index is 2.60. The van der Waals surface area contributed by atoms with Crippen LogP contribution < -0.4 is 14.8 Å². The number of ether oxygens (including phenoxy) is 2. The minimum atomic E-state index is -1.55. The monoisotopic (exact) mass is 412 g/mol. The molecule has 0 bridgehead atoms. The third kappa shape index (κ3) is 5.22. The van der Waals surface area contributed by atoms with Gasteiger partial charge in [-0.15, -0.1) is 0 Å². The quantitative estimate of drug-likeness (QED) is 0.516. The van der Waals surface area contributed by atoms with Gasteiger partial charge in [-0.05, 0) is 62.2 Å². The summed E-state index contributed by atoms with van der Waals surface area (Å²) in [5, 5.41) is 31.4. The molecular formula is C23H28N2O5. The molecule has 7 heteroatoms. The number of carboxylic acids is 1. The molecule has 0 radical (unpaired) electrons. The molecule has 1 atom stereocenters. The molecule has 0 spiro atoms. The van der Waals surface area contributed by atoms with Crippen LogP contribution in [0.4, 0.5) is 5.69 Å². The predicted octanol–water partition coefficient (Wildman–Crippen LogP) is 3.69. The second-order valence-corrected chi connectivity index (χ2v) is 6.96. The first-order valence-corrected chi connectivity index (χ1v) is 9.95. The minimum absolute atomic E-state index is 0.0408. The third-order valence-corrected chi connectivity index (χ3v) is 4.71. The molecule has 0 saturated heterocycles. The van der Waals surface area contributed by atoms with Gasteiger partial charge >= 0.3 is 5.97 Å². The lowest BCUT2D eigenvalue weighted by Crippen LogP contribution is -2.41. The van der Waals surface area contributed by atoms with Crippen LogP contribution in [0.3, 0.4) is 0 Å². The van der Waals surface area contributed by atoms with E-state index in [1.165, 1.54) is 0 Å². The normalized spacial score (nSPS) is 12.5. The van der Waals surface area contributed by atoms with Gasteiger partial charge < -0.3 is 25.0 Å². The summed E-state index contributed by atoms with van der Waals surface area (Å²) in [6.07, 6.45) is 1.64. The van der Waals surface area contributed by atoms with E-state index in [4.69, 9.17) is 14.7 Å². The molecule has 0 heterocycles. The van der Waals surface area contributed by atoms with Crippen LogP contribution in [0.25, 0.3) is 0 Å². The number of aliphatic hydroxyl groups is 1. The summed E-state index contributed by atoms with van der Waals surface area (Å²) in [5.41, 5.74) is 0.781. The fourth-order valence-corrected chi connectivity index (χ4v) is 3.18. The molecule has 0 aliphatic heterocycles. The number of carboxylic acid groups (broad SMARTS) is 1. The highest BCUT2D eigenvalue weighted by Crippen LogP contribution is 2.39. The van der Waals surface area contributed by atoms with Crippen LogP contribution >= 0.6 is 0 Å². The number of anilines is 1. The molecule has 2 rings (SSSR count). The molecular weight excluding hydrogens is 384 g/mol. The number of rotatable bonds is 11. The second kappa shape index (κ2) is 10.5. The number of aryl methyl sites for hydroxylation is 1. The van der Waals surface area contributed by atoms with E-state index in [-0.39, 0.29) is 13.2 Å². The number of benzene rings is 2. The van der Waals surface area contributed by atoms with Gasteiger partial charge in [-0.1, -0.05) is 13.3 Å². The lowest BCUT2D eigenvalue weighted by Gasteiger charge is -2.31. The van der Waals surface area contributed by atoms with E-state index < -0.39 is 11.5 Å². The van der Waals surface area contributed by atoms with Crippen molar-refractivity contribution in [3.63, 3.8) is 0 Å². The van der Waals surface area contributed by atoms with Crippen molar-refractivity contribution in [2.24, 2.45) is 0 Å². The number of hydrogen-bond acceptors (Lipinski definition) is 6. The summed E-state index contributed by atoms with van der Waals surface area (Å²) >= 11 is 0. The van der Waals surface area contributed by atoms with Gasteiger partial charge in [-0.25, -0.2) is 4.79 Å². The number of nitriles is 1. The summed E-state index contributed by atoms with van der Waals surface area (Å²) in [6.45, 7) is 5.76. The molecule has 30 heavy (non-hydrogen) atoms. The first-order valence-electron chi connectivity index (χ1n) is 9.95. The molecule has 0 aliphatic rings. The molecule has 0 saturated carbocycles. The van der Waals surface area contributed by atoms with E-state index in [1.807, 2.05) is 19.9 Å². The first-order chi connectivity index (χ1) is 14.4. The third-order valence-electron chi connectivity index (χ3n) is 4.71. The van der Waals surface area contributed by atoms with Crippen LogP contribution in [-0.2, 0) is 16.8 Å². The van der Waals surface area contributed by atoms with E-state index in [1.54, 1.807) is 43.3 Å². The van der Waals surface area contributed by atoms with Crippen molar-refractivity contribution < 1.29 is 24.5 Å². The van der Waals surface area contributed by atoms with Crippen molar-refractivity contribution in [1.29, 1.82) is 5.26 Å². The smallest absolute Gasteiger partial charge is 0.333 e. The Labute approximate surface area is 176 Å². The molecule has 0 fully saturated rings. The zero-order chi connectivity index (χ0) is 22.1. The number of nitrogens with one attached hydrogen (secondary N) is 1. The van der Waals surface area contributed by atoms with E-state index in [2.05, 4.69) is 5.32 Å². The Morgan fingerprint density at radius 2 is 1.87 bits per heavy atom. The molecule has 1 unspecified atom stereocenters. The zero-order valence-corrected chi connectivity index (χ0v) is 17.6. The Kier molecular flexibility index (Phi) is 8.07. The fraction of sp³-hybridized carbons (Fsp3) is 0.391. The highest BCUT2D eigenvalue weighted by atomic mass is 16.5. The molecule has 2 aromatic carbocycles. The molecule has 0 aliphatic carbocycles. The number of aliphatic hydroxyl groups excluding tert-OH is 1. The lowest BCUT2D eigenvalue weighted by molar-refractivity contribution is -0.142. The van der Waals surface area contributed by atoms with Crippen LogP contribution in [0.15, 0.2) is 36.4 Å². The second-order valence-electron chi connectivity index (χ2n) is 6.96. The maximum absolute atomic E-state index is 12.4. The summed E-state index contributed by atoms with van der Waals surface area (Å²) in [6, 6.07) is 12.1. The Bertz CT molecular complexity index is 905. The fourth-order valence-electron chi connectivity index (χ4n) is 3.18. The zero-order valence-electron chi connectivity index (χ0n) is 17.6. The number of carbonyl (C=O) groups is 1. The van der Waals surface area contributed by atoms with Gasteiger partial charge in [0, 0.05) is 11.3 Å². The molecule has 0 aromatic heterocycles. The average Bonchev–Trinajstić information content (AvgIpc) is 2.74. The molecule has 3 N–H and O–H groups in total. The van der Waals surface area contributed by atoms with Crippen molar-refractivity contribution in [3.8, 4) is 17.6 Å². The van der Waals surface area contributed by atoms with Gasteiger partial charge in [0.15, 0.2) is 5.54 Å². The van der Waals surface area contributed by atoms with E-state index in [0.717, 1.165) is 18.4 Å². The van der Waals surface area contributed by atoms with Gasteiger partial charge in [0.25, 0.3) is 0 Å². The molecule has 7 nitrogen and oxygen atoms in total. The van der Waals surface area contributed by atoms with Crippen molar-refractivity contribution in [2.75, 3.05) is 25.1 Å². The minimum Gasteiger partial charge on any atom is -0.494 e. The first kappa shape index (κ1) is 23.0. The van der Waals surface area contributed by atoms with Crippen molar-refractivity contribution >= 4 is 11.7 Å². The van der Waals surface area contributed by atoms with Crippen molar-refractivity contribution in [1.82, 2.24) is 0 Å². The summed E-state index contributed by atoms with van der Waals surface area (Å²) < 4.78 is 11.5. The van der Waals surface area contributed by atoms with Crippen molar-refractivity contribution in [2.45, 2.75) is 39.2 Å². The SMILES string of the molecule is CCCc1cc(OCCO)c(C(C)(Nc2ccc(C#N)cc2)C(=O)O)cc1OCC. The van der Waals surface area contributed by atoms with Gasteiger partial charge in [0.1, 0.15) is 18.1 Å². The van der Waals surface area contributed by atoms with Gasteiger partial charge in [0.2, 0.25) is 0 Å². The van der Waals surface area contributed by atoms with Crippen LogP contribution in [0.2, 0.25) is 0 Å². The van der Waals surface area contributed by atoms with Crippen LogP contribution in [0.1, 0.15) is 43.9 Å². The molecule has 160 valence electrons. The molecule has 0 amide bonds. The van der Waals surface area contributed by atoms with E-state index >= 15 is 0 Å². The van der Waals surface area contributed by atoms with E-state index in [9.17, 15) is 15.0 Å². The molecule has 2 aromatic rings. The largest absolute Gasteiger partial charge is 0.494 e. The lowest BCUT2D eigenvalue weighted by atomic mass is 9.88. The summed E-state index contributed by atoms with van der Waals surface area (Å²) in [5.74, 6) is -0.117. The summed E-state index contributed by atoms with van der Waals surface area (Å²) in [4.78, 5) is 12.4. The maximum Gasteiger partial charge on any atom is 0.333 e. The van der Waals surface area contributed by atoms with Gasteiger partial charge in [-0.2, -0.15) is 5.26 Å². The highest BCUT2D eigenvalue weighted by molar-refractivity contribution is 5.85. The van der Waals surface area contributed by atoms with Crippen LogP contribution in [-0.4, -0.2) is 36.0 Å². The van der Waals surface area contributed by atoms with Gasteiger partial charge in [0.05, 0.1) is 24.8 Å². The Hall–Kier alpha value is -3.24. The predicted molar refractivity (Wildman–Crippen MR) is 114 cm³/mol. The van der Waals surface area contributed by atoms with E-state index in [0.29, 0.717) is 34.9 Å². The van der Waals surface area contributed by atoms with Crippen LogP contribution in [0.5, 0.6) is 11.5 Å². The van der Waals surface area contributed by atoms with Gasteiger partial charge in [-0.3, -0.25) is 0 Å². The topological polar surface area (TPSA) is 112 Å². The standard InChI is InChI=1S/C23H28N2O5/c1-4-6-17-13-21(30-12-11-26)19(14-20(17)29-5-2)23(3,22(27)28)25-18-9-7-16(15-24)8-10-18/h7-10,13-14,25-26H,4-6,11-12H2,1-3H3,(H,27,28). The highest BCUT2D eigenvalue weighted by Gasteiger charge is 2.39. The number of nitrogens with zero attached hydrogens (tertiary/aromatic N) is 1. The number of hydrogen-bond donors (Lipinski definition) is 3. The average molecular weight is 412 g/mol. The van der Waals surface area contributed by atoms with Crippen LogP contribution in [0, 0.1) is 11.3 Å². The maximum atomic E-state index is 12.4. The number of aliphatic carboxylic acids is 1. The summed E-state index contributed by atoms with van der Waals surface area (Å²) in [7, 11) is 0. The Morgan fingerprint density at radius 3 is 2.40 bits per heavy atom.